The summed E-state index contributed by atoms with van der Waals surface area (Å²) in [5.74, 6) is 0.741. The van der Waals surface area contributed by atoms with Gasteiger partial charge in [0.15, 0.2) is 5.78 Å². The van der Waals surface area contributed by atoms with Crippen molar-refractivity contribution < 1.29 is 4.79 Å². The minimum Gasteiger partial charge on any atom is -0.294 e. The molecule has 1 atom stereocenters. The number of carbonyl (C=O) groups is 1. The van der Waals surface area contributed by atoms with Gasteiger partial charge in [-0.05, 0) is 61.8 Å². The molecule has 2 aliphatic carbocycles. The summed E-state index contributed by atoms with van der Waals surface area (Å²) in [5.41, 5.74) is 6.05. The fourth-order valence-corrected chi connectivity index (χ4v) is 4.02. The van der Waals surface area contributed by atoms with Crippen LogP contribution in [0.3, 0.4) is 0 Å². The Balaban J connectivity index is 1.73. The van der Waals surface area contributed by atoms with E-state index in [0.717, 1.165) is 17.6 Å². The van der Waals surface area contributed by atoms with Crippen molar-refractivity contribution in [1.29, 1.82) is 0 Å². The van der Waals surface area contributed by atoms with Gasteiger partial charge in [-0.1, -0.05) is 73.1 Å². The molecule has 1 aromatic carbocycles. The predicted octanol–water partition coefficient (Wildman–Crippen LogP) is 5.91. The first kappa shape index (κ1) is 17.7. The normalized spacial score (nSPS) is 23.7. The van der Waals surface area contributed by atoms with Gasteiger partial charge in [0.05, 0.1) is 0 Å². The molecule has 0 saturated heterocycles. The molecule has 0 spiro atoms. The Morgan fingerprint density at radius 1 is 1.16 bits per heavy atom. The van der Waals surface area contributed by atoms with Crippen molar-refractivity contribution >= 4 is 5.78 Å². The van der Waals surface area contributed by atoms with Crippen molar-refractivity contribution in [2.45, 2.75) is 46.0 Å². The maximum absolute atomic E-state index is 12.4. The van der Waals surface area contributed by atoms with Crippen LogP contribution in [0.25, 0.3) is 0 Å². The summed E-state index contributed by atoms with van der Waals surface area (Å²) < 4.78 is 0. The van der Waals surface area contributed by atoms with E-state index in [1.54, 1.807) is 6.08 Å². The third kappa shape index (κ3) is 4.28. The highest BCUT2D eigenvalue weighted by atomic mass is 16.1. The Morgan fingerprint density at radius 2 is 1.84 bits per heavy atom. The molecule has 0 heterocycles. The van der Waals surface area contributed by atoms with Gasteiger partial charge in [-0.15, -0.1) is 0 Å². The highest BCUT2D eigenvalue weighted by molar-refractivity contribution is 5.97. The molecule has 1 fully saturated rings. The maximum Gasteiger partial charge on any atom is 0.163 e. The van der Waals surface area contributed by atoms with E-state index in [1.165, 1.54) is 42.4 Å². The highest BCUT2D eigenvalue weighted by Crippen LogP contribution is 2.39. The average Bonchev–Trinajstić information content (AvgIpc) is 3.10. The molecule has 1 heteroatoms. The summed E-state index contributed by atoms with van der Waals surface area (Å²) in [6, 6.07) is 8.69. The van der Waals surface area contributed by atoms with Crippen molar-refractivity contribution in [3.05, 3.63) is 83.0 Å². The quantitative estimate of drug-likeness (QED) is 0.669. The predicted molar refractivity (Wildman–Crippen MR) is 105 cm³/mol. The first-order valence-corrected chi connectivity index (χ1v) is 9.38. The van der Waals surface area contributed by atoms with Gasteiger partial charge in [-0.3, -0.25) is 4.79 Å². The number of carbonyl (C=O) groups excluding carboxylic acids is 1. The van der Waals surface area contributed by atoms with Crippen LogP contribution in [0.15, 0.2) is 71.9 Å². The van der Waals surface area contributed by atoms with Crippen LogP contribution in [0.1, 0.15) is 43.7 Å². The summed E-state index contributed by atoms with van der Waals surface area (Å²) in [4.78, 5) is 12.4. The SMILES string of the molecule is C=C1/C(=C\C=C(/C)Cc2ccc(C)cc2)C=CC(=O)C1C1CCCC1. The number of hydrogen-bond acceptors (Lipinski definition) is 1. The molecule has 130 valence electrons. The van der Waals surface area contributed by atoms with Gasteiger partial charge >= 0.3 is 0 Å². The Hall–Kier alpha value is -2.15. The van der Waals surface area contributed by atoms with E-state index in [0.29, 0.717) is 5.92 Å². The van der Waals surface area contributed by atoms with Crippen LogP contribution >= 0.6 is 0 Å². The maximum atomic E-state index is 12.4. The Bertz CT molecular complexity index is 737. The van der Waals surface area contributed by atoms with Crippen molar-refractivity contribution in [2.75, 3.05) is 0 Å². The molecular formula is C24H28O. The molecule has 0 aromatic heterocycles. The molecule has 0 N–H and O–H groups in total. The molecule has 0 aliphatic heterocycles. The van der Waals surface area contributed by atoms with Crippen molar-refractivity contribution in [1.82, 2.24) is 0 Å². The van der Waals surface area contributed by atoms with Gasteiger partial charge < -0.3 is 0 Å². The van der Waals surface area contributed by atoms with Crippen LogP contribution in [0.5, 0.6) is 0 Å². The van der Waals surface area contributed by atoms with Crippen LogP contribution in [0, 0.1) is 18.8 Å². The van der Waals surface area contributed by atoms with E-state index in [2.05, 4.69) is 56.8 Å². The first-order valence-electron chi connectivity index (χ1n) is 9.38. The molecule has 1 unspecified atom stereocenters. The molecular weight excluding hydrogens is 304 g/mol. The zero-order valence-electron chi connectivity index (χ0n) is 15.4. The van der Waals surface area contributed by atoms with Gasteiger partial charge in [-0.25, -0.2) is 0 Å². The molecule has 3 rings (SSSR count). The van der Waals surface area contributed by atoms with Crippen molar-refractivity contribution in [2.24, 2.45) is 11.8 Å². The summed E-state index contributed by atoms with van der Waals surface area (Å²) >= 11 is 0. The number of rotatable bonds is 4. The van der Waals surface area contributed by atoms with Crippen molar-refractivity contribution in [3.8, 4) is 0 Å². The van der Waals surface area contributed by atoms with Gasteiger partial charge in [0.2, 0.25) is 0 Å². The number of allylic oxidation sites excluding steroid dienone is 7. The lowest BCUT2D eigenvalue weighted by Crippen LogP contribution is -2.25. The summed E-state index contributed by atoms with van der Waals surface area (Å²) in [7, 11) is 0. The van der Waals surface area contributed by atoms with E-state index in [4.69, 9.17) is 0 Å². The molecule has 0 bridgehead atoms. The van der Waals surface area contributed by atoms with Crippen LogP contribution in [0.2, 0.25) is 0 Å². The third-order valence-corrected chi connectivity index (χ3v) is 5.50. The van der Waals surface area contributed by atoms with Crippen LogP contribution in [-0.4, -0.2) is 5.78 Å². The molecule has 1 aromatic rings. The van der Waals surface area contributed by atoms with Crippen LogP contribution in [0.4, 0.5) is 0 Å². The van der Waals surface area contributed by atoms with E-state index in [9.17, 15) is 4.79 Å². The zero-order chi connectivity index (χ0) is 17.8. The third-order valence-electron chi connectivity index (χ3n) is 5.50. The van der Waals surface area contributed by atoms with E-state index >= 15 is 0 Å². The molecule has 2 aliphatic rings. The molecule has 1 saturated carbocycles. The number of ketones is 1. The average molecular weight is 332 g/mol. The zero-order valence-corrected chi connectivity index (χ0v) is 15.4. The topological polar surface area (TPSA) is 17.1 Å². The minimum absolute atomic E-state index is 0.00422. The lowest BCUT2D eigenvalue weighted by atomic mass is 9.76. The highest BCUT2D eigenvalue weighted by Gasteiger charge is 2.33. The van der Waals surface area contributed by atoms with Crippen molar-refractivity contribution in [3.63, 3.8) is 0 Å². The fourth-order valence-electron chi connectivity index (χ4n) is 4.02. The lowest BCUT2D eigenvalue weighted by molar-refractivity contribution is -0.118. The minimum atomic E-state index is 0.00422. The second-order valence-corrected chi connectivity index (χ2v) is 7.58. The van der Waals surface area contributed by atoms with E-state index in [-0.39, 0.29) is 11.7 Å². The summed E-state index contributed by atoms with van der Waals surface area (Å²) in [6.45, 7) is 8.54. The molecule has 0 radical (unpaired) electrons. The Labute approximate surface area is 151 Å². The second-order valence-electron chi connectivity index (χ2n) is 7.58. The summed E-state index contributed by atoms with van der Waals surface area (Å²) in [5, 5.41) is 0. The van der Waals surface area contributed by atoms with Gasteiger partial charge in [0.25, 0.3) is 0 Å². The van der Waals surface area contributed by atoms with Gasteiger partial charge in [-0.2, -0.15) is 0 Å². The van der Waals surface area contributed by atoms with Crippen LogP contribution in [-0.2, 0) is 11.2 Å². The Morgan fingerprint density at radius 3 is 2.52 bits per heavy atom. The van der Waals surface area contributed by atoms with E-state index in [1.807, 2.05) is 6.08 Å². The van der Waals surface area contributed by atoms with Crippen LogP contribution < -0.4 is 0 Å². The standard InChI is InChI=1S/C24H28O/c1-17-8-11-20(12-9-17)16-18(2)10-13-21-14-15-23(25)24(19(21)3)22-6-4-5-7-22/h8-15,22,24H,3-7,16H2,1-2H3/b18-10+,21-13-. The first-order chi connectivity index (χ1) is 12.0. The largest absolute Gasteiger partial charge is 0.294 e. The number of aryl methyl sites for hydroxylation is 1. The molecule has 0 amide bonds. The fraction of sp³-hybridized carbons (Fsp3) is 0.375. The smallest absolute Gasteiger partial charge is 0.163 e. The van der Waals surface area contributed by atoms with Gasteiger partial charge in [0, 0.05) is 5.92 Å². The number of benzene rings is 1. The van der Waals surface area contributed by atoms with E-state index < -0.39 is 0 Å². The monoisotopic (exact) mass is 332 g/mol. The molecule has 25 heavy (non-hydrogen) atoms. The second kappa shape index (κ2) is 7.82. The number of hydrogen-bond donors (Lipinski definition) is 0. The lowest BCUT2D eigenvalue weighted by Gasteiger charge is -2.27. The Kier molecular flexibility index (Phi) is 5.53. The molecule has 1 nitrogen and oxygen atoms in total. The van der Waals surface area contributed by atoms with Gasteiger partial charge in [0.1, 0.15) is 0 Å². The summed E-state index contributed by atoms with van der Waals surface area (Å²) in [6.07, 6.45) is 13.8.